The SMILES string of the molecule is O=Cc1cc(Br)c(CC(=O)O)c2c1OCCO2. The number of halogens is 1. The standard InChI is InChI=1S/C11H9BrO5/c12-8-3-6(5-13)10-11(17-2-1-16-10)7(8)4-9(14)15/h3,5H,1-2,4H2,(H,14,15). The number of benzene rings is 1. The molecule has 0 fully saturated rings. The summed E-state index contributed by atoms with van der Waals surface area (Å²) in [5.41, 5.74) is 0.832. The first kappa shape index (κ1) is 11.9. The van der Waals surface area contributed by atoms with E-state index >= 15 is 0 Å². The van der Waals surface area contributed by atoms with Gasteiger partial charge < -0.3 is 14.6 Å². The third kappa shape index (κ3) is 2.26. The summed E-state index contributed by atoms with van der Waals surface area (Å²) in [4.78, 5) is 21.7. The summed E-state index contributed by atoms with van der Waals surface area (Å²) in [7, 11) is 0. The third-order valence-electron chi connectivity index (χ3n) is 2.34. The lowest BCUT2D eigenvalue weighted by molar-refractivity contribution is -0.136. The topological polar surface area (TPSA) is 72.8 Å². The van der Waals surface area contributed by atoms with Gasteiger partial charge in [-0.2, -0.15) is 0 Å². The van der Waals surface area contributed by atoms with E-state index < -0.39 is 5.97 Å². The van der Waals surface area contributed by atoms with Gasteiger partial charge in [-0.25, -0.2) is 0 Å². The minimum absolute atomic E-state index is 0.189. The highest BCUT2D eigenvalue weighted by Gasteiger charge is 2.23. The Bertz CT molecular complexity index is 483. The van der Waals surface area contributed by atoms with Crippen molar-refractivity contribution in [1.82, 2.24) is 0 Å². The fraction of sp³-hybridized carbons (Fsp3) is 0.273. The summed E-state index contributed by atoms with van der Waals surface area (Å²) in [6, 6.07) is 1.54. The van der Waals surface area contributed by atoms with Crippen LogP contribution < -0.4 is 9.47 Å². The molecule has 0 saturated heterocycles. The van der Waals surface area contributed by atoms with Gasteiger partial charge in [-0.05, 0) is 6.07 Å². The Morgan fingerprint density at radius 3 is 2.65 bits per heavy atom. The summed E-state index contributed by atoms with van der Waals surface area (Å²) >= 11 is 3.24. The number of carbonyl (C=O) groups is 2. The number of aldehydes is 1. The lowest BCUT2D eigenvalue weighted by Crippen LogP contribution is -2.19. The van der Waals surface area contributed by atoms with Gasteiger partial charge in [0.15, 0.2) is 17.8 Å². The molecular weight excluding hydrogens is 292 g/mol. The predicted octanol–water partition coefficient (Wildman–Crippen LogP) is 1.66. The van der Waals surface area contributed by atoms with Crippen molar-refractivity contribution in [2.75, 3.05) is 13.2 Å². The normalized spacial score (nSPS) is 13.2. The number of hydrogen-bond donors (Lipinski definition) is 1. The second kappa shape index (κ2) is 4.75. The third-order valence-corrected chi connectivity index (χ3v) is 3.05. The average Bonchev–Trinajstić information content (AvgIpc) is 2.32. The van der Waals surface area contributed by atoms with E-state index in [0.717, 1.165) is 0 Å². The maximum atomic E-state index is 10.9. The molecule has 1 heterocycles. The smallest absolute Gasteiger partial charge is 0.308 e. The highest BCUT2D eigenvalue weighted by molar-refractivity contribution is 9.10. The van der Waals surface area contributed by atoms with Gasteiger partial charge in [0.25, 0.3) is 0 Å². The van der Waals surface area contributed by atoms with Crippen LogP contribution in [0.4, 0.5) is 0 Å². The molecule has 2 rings (SSSR count). The van der Waals surface area contributed by atoms with Crippen LogP contribution >= 0.6 is 15.9 Å². The summed E-state index contributed by atoms with van der Waals surface area (Å²) in [5.74, 6) is -0.304. The maximum absolute atomic E-state index is 10.9. The number of fused-ring (bicyclic) bond motifs is 1. The Morgan fingerprint density at radius 1 is 1.41 bits per heavy atom. The van der Waals surface area contributed by atoms with Gasteiger partial charge in [-0.1, -0.05) is 15.9 Å². The summed E-state index contributed by atoms with van der Waals surface area (Å²) < 4.78 is 11.3. The molecule has 0 spiro atoms. The molecule has 0 radical (unpaired) electrons. The molecular formula is C11H9BrO5. The largest absolute Gasteiger partial charge is 0.486 e. The van der Waals surface area contributed by atoms with Gasteiger partial charge in [-0.15, -0.1) is 0 Å². The molecule has 0 aromatic heterocycles. The van der Waals surface area contributed by atoms with Crippen molar-refractivity contribution in [2.45, 2.75) is 6.42 Å². The van der Waals surface area contributed by atoms with Crippen molar-refractivity contribution < 1.29 is 24.2 Å². The first-order valence-corrected chi connectivity index (χ1v) is 5.70. The number of carboxylic acid groups (broad SMARTS) is 1. The Kier molecular flexibility index (Phi) is 3.33. The zero-order valence-corrected chi connectivity index (χ0v) is 10.3. The zero-order chi connectivity index (χ0) is 12.4. The van der Waals surface area contributed by atoms with Gasteiger partial charge >= 0.3 is 5.97 Å². The molecule has 0 saturated carbocycles. The summed E-state index contributed by atoms with van der Waals surface area (Å²) in [6.07, 6.45) is 0.467. The molecule has 0 aliphatic carbocycles. The van der Waals surface area contributed by atoms with E-state index in [1.54, 1.807) is 6.07 Å². The first-order chi connectivity index (χ1) is 8.13. The number of aliphatic carboxylic acids is 1. The van der Waals surface area contributed by atoms with Gasteiger partial charge in [0.05, 0.1) is 12.0 Å². The molecule has 1 aromatic rings. The number of hydrogen-bond acceptors (Lipinski definition) is 4. The van der Waals surface area contributed by atoms with Crippen LogP contribution in [0.3, 0.4) is 0 Å². The molecule has 6 heteroatoms. The minimum atomic E-state index is -0.971. The van der Waals surface area contributed by atoms with Crippen LogP contribution in [0.2, 0.25) is 0 Å². The maximum Gasteiger partial charge on any atom is 0.308 e. The van der Waals surface area contributed by atoms with Crippen LogP contribution in [-0.4, -0.2) is 30.6 Å². The number of carboxylic acids is 1. The van der Waals surface area contributed by atoms with Crippen LogP contribution in [-0.2, 0) is 11.2 Å². The highest BCUT2D eigenvalue weighted by Crippen LogP contribution is 2.41. The Hall–Kier alpha value is -1.56. The summed E-state index contributed by atoms with van der Waals surface area (Å²) in [5, 5.41) is 8.83. The number of ether oxygens (including phenoxy) is 2. The minimum Gasteiger partial charge on any atom is -0.486 e. The van der Waals surface area contributed by atoms with E-state index in [0.29, 0.717) is 46.6 Å². The van der Waals surface area contributed by atoms with Crippen LogP contribution in [0.1, 0.15) is 15.9 Å². The molecule has 1 aromatic carbocycles. The van der Waals surface area contributed by atoms with Gasteiger partial charge in [0.1, 0.15) is 13.2 Å². The molecule has 0 amide bonds. The fourth-order valence-corrected chi connectivity index (χ4v) is 2.23. The van der Waals surface area contributed by atoms with Crippen LogP contribution in [0.25, 0.3) is 0 Å². The van der Waals surface area contributed by atoms with Crippen molar-refractivity contribution in [3.63, 3.8) is 0 Å². The predicted molar refractivity (Wildman–Crippen MR) is 61.9 cm³/mol. The van der Waals surface area contributed by atoms with E-state index in [-0.39, 0.29) is 6.42 Å². The number of carbonyl (C=O) groups excluding carboxylic acids is 1. The van der Waals surface area contributed by atoms with E-state index in [9.17, 15) is 9.59 Å². The fourth-order valence-electron chi connectivity index (χ4n) is 1.66. The quantitative estimate of drug-likeness (QED) is 0.860. The van der Waals surface area contributed by atoms with E-state index in [4.69, 9.17) is 14.6 Å². The van der Waals surface area contributed by atoms with Crippen molar-refractivity contribution >= 4 is 28.2 Å². The van der Waals surface area contributed by atoms with Crippen molar-refractivity contribution in [3.8, 4) is 11.5 Å². The van der Waals surface area contributed by atoms with Gasteiger partial charge in [0.2, 0.25) is 0 Å². The molecule has 0 bridgehead atoms. The number of rotatable bonds is 3. The molecule has 1 N–H and O–H groups in total. The molecule has 1 aliphatic heterocycles. The Balaban J connectivity index is 2.58. The van der Waals surface area contributed by atoms with E-state index in [1.807, 2.05) is 0 Å². The Labute approximate surface area is 105 Å². The zero-order valence-electron chi connectivity index (χ0n) is 8.73. The van der Waals surface area contributed by atoms with Crippen molar-refractivity contribution in [3.05, 3.63) is 21.7 Å². The van der Waals surface area contributed by atoms with Crippen LogP contribution in [0.15, 0.2) is 10.5 Å². The van der Waals surface area contributed by atoms with Crippen molar-refractivity contribution in [1.29, 1.82) is 0 Å². The molecule has 17 heavy (non-hydrogen) atoms. The van der Waals surface area contributed by atoms with Crippen LogP contribution in [0.5, 0.6) is 11.5 Å². The molecule has 0 atom stereocenters. The molecule has 1 aliphatic rings. The van der Waals surface area contributed by atoms with Gasteiger partial charge in [0, 0.05) is 10.0 Å². The molecule has 0 unspecified atom stereocenters. The highest BCUT2D eigenvalue weighted by atomic mass is 79.9. The molecule has 90 valence electrons. The lowest BCUT2D eigenvalue weighted by Gasteiger charge is -2.22. The average molecular weight is 301 g/mol. The first-order valence-electron chi connectivity index (χ1n) is 4.91. The van der Waals surface area contributed by atoms with E-state index in [1.165, 1.54) is 0 Å². The van der Waals surface area contributed by atoms with Crippen molar-refractivity contribution in [2.24, 2.45) is 0 Å². The molecule has 5 nitrogen and oxygen atoms in total. The lowest BCUT2D eigenvalue weighted by atomic mass is 10.1. The summed E-state index contributed by atoms with van der Waals surface area (Å²) in [6.45, 7) is 0.691. The second-order valence-electron chi connectivity index (χ2n) is 3.47. The van der Waals surface area contributed by atoms with Gasteiger partial charge in [-0.3, -0.25) is 9.59 Å². The van der Waals surface area contributed by atoms with Crippen LogP contribution in [0, 0.1) is 0 Å². The second-order valence-corrected chi connectivity index (χ2v) is 4.32. The van der Waals surface area contributed by atoms with E-state index in [2.05, 4.69) is 15.9 Å². The monoisotopic (exact) mass is 300 g/mol. The Morgan fingerprint density at radius 2 is 2.06 bits per heavy atom.